The van der Waals surface area contributed by atoms with Crippen LogP contribution in [0.4, 0.5) is 0 Å². The molecule has 1 atom stereocenters. The Bertz CT molecular complexity index is 311. The third-order valence-corrected chi connectivity index (χ3v) is 3.34. The summed E-state index contributed by atoms with van der Waals surface area (Å²) in [6.07, 6.45) is 1.70. The van der Waals surface area contributed by atoms with Crippen molar-refractivity contribution in [2.24, 2.45) is 0 Å². The maximum Gasteiger partial charge on any atom is 0.248 e. The van der Waals surface area contributed by atoms with Crippen LogP contribution in [0.15, 0.2) is 0 Å². The monoisotopic (exact) mass is 196 g/mol. The molecule has 0 aliphatic carbocycles. The van der Waals surface area contributed by atoms with Gasteiger partial charge in [-0.1, -0.05) is 0 Å². The smallest absolute Gasteiger partial charge is 0.248 e. The Balaban J connectivity index is 2.40. The van der Waals surface area contributed by atoms with Crippen LogP contribution in [0.3, 0.4) is 0 Å². The van der Waals surface area contributed by atoms with Gasteiger partial charge < -0.3 is 10.2 Å². The van der Waals surface area contributed by atoms with Gasteiger partial charge in [0.15, 0.2) is 0 Å². The molecule has 4 nitrogen and oxygen atoms in total. The van der Waals surface area contributed by atoms with Crippen LogP contribution in [0, 0.1) is 0 Å². The molecule has 1 N–H and O–H groups in total. The van der Waals surface area contributed by atoms with E-state index in [1.807, 2.05) is 6.92 Å². The summed E-state index contributed by atoms with van der Waals surface area (Å²) < 4.78 is 0. The molecule has 0 aromatic rings. The summed E-state index contributed by atoms with van der Waals surface area (Å²) in [4.78, 5) is 25.6. The summed E-state index contributed by atoms with van der Waals surface area (Å²) >= 11 is 0. The number of amides is 2. The molecule has 0 bridgehead atoms. The van der Waals surface area contributed by atoms with Gasteiger partial charge in [-0.05, 0) is 33.6 Å². The molecule has 2 amide bonds. The lowest BCUT2D eigenvalue weighted by molar-refractivity contribution is -0.157. The molecule has 2 aliphatic rings. The van der Waals surface area contributed by atoms with Gasteiger partial charge in [-0.25, -0.2) is 0 Å². The molecular weight excluding hydrogens is 180 g/mol. The van der Waals surface area contributed by atoms with E-state index in [0.29, 0.717) is 6.54 Å². The van der Waals surface area contributed by atoms with Crippen molar-refractivity contribution in [1.29, 1.82) is 0 Å². The molecule has 0 unspecified atom stereocenters. The Labute approximate surface area is 83.6 Å². The largest absolute Gasteiger partial charge is 0.340 e. The van der Waals surface area contributed by atoms with Crippen molar-refractivity contribution in [2.45, 2.75) is 44.7 Å². The summed E-state index contributed by atoms with van der Waals surface area (Å²) in [7, 11) is 0. The van der Waals surface area contributed by atoms with Crippen molar-refractivity contribution in [3.8, 4) is 0 Å². The number of fused-ring (bicyclic) bond motifs is 1. The van der Waals surface area contributed by atoms with Gasteiger partial charge in [0.1, 0.15) is 11.1 Å². The zero-order valence-corrected chi connectivity index (χ0v) is 8.89. The lowest BCUT2D eigenvalue weighted by atomic mass is 9.89. The summed E-state index contributed by atoms with van der Waals surface area (Å²) in [5.41, 5.74) is -1.33. The fourth-order valence-corrected chi connectivity index (χ4v) is 2.33. The van der Waals surface area contributed by atoms with E-state index in [4.69, 9.17) is 0 Å². The van der Waals surface area contributed by atoms with Crippen molar-refractivity contribution < 1.29 is 9.59 Å². The number of carbonyl (C=O) groups is 2. The zero-order valence-electron chi connectivity index (χ0n) is 8.89. The molecular formula is C10H16N2O2. The second-order valence-electron chi connectivity index (χ2n) is 4.91. The van der Waals surface area contributed by atoms with Crippen molar-refractivity contribution >= 4 is 11.8 Å². The van der Waals surface area contributed by atoms with Gasteiger partial charge in [0.2, 0.25) is 11.8 Å². The highest BCUT2D eigenvalue weighted by molar-refractivity contribution is 6.02. The van der Waals surface area contributed by atoms with Crippen molar-refractivity contribution in [3.05, 3.63) is 0 Å². The average molecular weight is 196 g/mol. The van der Waals surface area contributed by atoms with Crippen LogP contribution in [0.25, 0.3) is 0 Å². The Morgan fingerprint density at radius 3 is 2.57 bits per heavy atom. The van der Waals surface area contributed by atoms with E-state index in [1.54, 1.807) is 18.7 Å². The second-order valence-corrected chi connectivity index (χ2v) is 4.91. The van der Waals surface area contributed by atoms with E-state index in [0.717, 1.165) is 12.8 Å². The average Bonchev–Trinajstić information content (AvgIpc) is 2.45. The first-order valence-electron chi connectivity index (χ1n) is 5.03. The number of nitrogens with zero attached hydrogens (tertiary/aromatic N) is 1. The first-order chi connectivity index (χ1) is 6.38. The van der Waals surface area contributed by atoms with Crippen LogP contribution in [0.5, 0.6) is 0 Å². The van der Waals surface area contributed by atoms with Gasteiger partial charge >= 0.3 is 0 Å². The highest BCUT2D eigenvalue weighted by Gasteiger charge is 2.54. The molecule has 0 spiro atoms. The Hall–Kier alpha value is -1.06. The number of nitrogens with one attached hydrogen (secondary N) is 1. The number of carbonyl (C=O) groups excluding carboxylic acids is 2. The number of hydrogen-bond acceptors (Lipinski definition) is 2. The van der Waals surface area contributed by atoms with Crippen molar-refractivity contribution in [1.82, 2.24) is 10.2 Å². The van der Waals surface area contributed by atoms with Gasteiger partial charge in [-0.2, -0.15) is 0 Å². The molecule has 0 saturated carbocycles. The van der Waals surface area contributed by atoms with Crippen LogP contribution >= 0.6 is 0 Å². The molecule has 2 fully saturated rings. The zero-order chi connectivity index (χ0) is 10.6. The predicted molar refractivity (Wildman–Crippen MR) is 51.6 cm³/mol. The summed E-state index contributed by atoms with van der Waals surface area (Å²) in [5.74, 6) is 0.0247. The highest BCUT2D eigenvalue weighted by atomic mass is 16.2. The Morgan fingerprint density at radius 1 is 1.29 bits per heavy atom. The lowest BCUT2D eigenvalue weighted by Gasteiger charge is -2.45. The minimum atomic E-state index is -0.735. The maximum atomic E-state index is 12.0. The number of piperazine rings is 1. The van der Waals surface area contributed by atoms with Crippen LogP contribution in [-0.2, 0) is 9.59 Å². The normalized spacial score (nSPS) is 35.5. The van der Waals surface area contributed by atoms with Gasteiger partial charge in [-0.3, -0.25) is 9.59 Å². The van der Waals surface area contributed by atoms with E-state index < -0.39 is 11.1 Å². The van der Waals surface area contributed by atoms with Gasteiger partial charge in [0, 0.05) is 6.54 Å². The Morgan fingerprint density at radius 2 is 1.93 bits per heavy atom. The van der Waals surface area contributed by atoms with Crippen molar-refractivity contribution in [2.75, 3.05) is 6.54 Å². The molecule has 2 saturated heterocycles. The number of rotatable bonds is 0. The van der Waals surface area contributed by atoms with Crippen LogP contribution in [0.1, 0.15) is 33.6 Å². The predicted octanol–water partition coefficient (Wildman–Crippen LogP) is 0.276. The van der Waals surface area contributed by atoms with E-state index >= 15 is 0 Å². The summed E-state index contributed by atoms with van der Waals surface area (Å²) in [6, 6.07) is 0. The van der Waals surface area contributed by atoms with Gasteiger partial charge in [-0.15, -0.1) is 0 Å². The van der Waals surface area contributed by atoms with Crippen LogP contribution in [0.2, 0.25) is 0 Å². The van der Waals surface area contributed by atoms with E-state index in [9.17, 15) is 9.59 Å². The topological polar surface area (TPSA) is 49.4 Å². The van der Waals surface area contributed by atoms with Crippen LogP contribution in [-0.4, -0.2) is 34.3 Å². The summed E-state index contributed by atoms with van der Waals surface area (Å²) in [5, 5.41) is 2.79. The molecule has 2 heterocycles. The first-order valence-corrected chi connectivity index (χ1v) is 5.03. The molecule has 0 aromatic heterocycles. The fraction of sp³-hybridized carbons (Fsp3) is 0.800. The van der Waals surface area contributed by atoms with Crippen LogP contribution < -0.4 is 5.32 Å². The minimum absolute atomic E-state index is 0.0143. The van der Waals surface area contributed by atoms with Crippen molar-refractivity contribution in [3.63, 3.8) is 0 Å². The second kappa shape index (κ2) is 2.49. The minimum Gasteiger partial charge on any atom is -0.340 e. The SMILES string of the molecule is CC1(C)NC(=O)[C@]2(C)CCCN2C1=O. The number of hydrogen-bond donors (Lipinski definition) is 1. The highest BCUT2D eigenvalue weighted by Crippen LogP contribution is 2.34. The quantitative estimate of drug-likeness (QED) is 0.605. The van der Waals surface area contributed by atoms with E-state index in [-0.39, 0.29) is 11.8 Å². The molecule has 4 heteroatoms. The first kappa shape index (κ1) is 9.49. The van der Waals surface area contributed by atoms with E-state index in [2.05, 4.69) is 5.32 Å². The lowest BCUT2D eigenvalue weighted by Crippen LogP contribution is -2.71. The molecule has 0 aromatic carbocycles. The molecule has 2 rings (SSSR count). The fourth-order valence-electron chi connectivity index (χ4n) is 2.33. The third kappa shape index (κ3) is 0.996. The van der Waals surface area contributed by atoms with Gasteiger partial charge in [0.25, 0.3) is 0 Å². The molecule has 0 radical (unpaired) electrons. The maximum absolute atomic E-state index is 12.0. The molecule has 2 aliphatic heterocycles. The summed E-state index contributed by atoms with van der Waals surface area (Å²) in [6.45, 7) is 6.07. The third-order valence-electron chi connectivity index (χ3n) is 3.34. The standard InChI is InChI=1S/C10H16N2O2/c1-9(2)8(14)12-6-4-5-10(12,3)7(13)11-9/h4-6H2,1-3H3,(H,11,13)/t10-/m0/s1. The Kier molecular flexibility index (Phi) is 1.69. The molecule has 14 heavy (non-hydrogen) atoms. The molecule has 78 valence electrons. The van der Waals surface area contributed by atoms with E-state index in [1.165, 1.54) is 0 Å². The van der Waals surface area contributed by atoms with Gasteiger partial charge in [0.05, 0.1) is 0 Å².